The highest BCUT2D eigenvalue weighted by molar-refractivity contribution is 7.89. The molecule has 1 saturated heterocycles. The molecule has 0 bridgehead atoms. The first kappa shape index (κ1) is 20.7. The van der Waals surface area contributed by atoms with Crippen molar-refractivity contribution >= 4 is 16.0 Å². The van der Waals surface area contributed by atoms with Gasteiger partial charge in [0, 0.05) is 46.9 Å². The van der Waals surface area contributed by atoms with Crippen molar-refractivity contribution in [3.05, 3.63) is 29.8 Å². The van der Waals surface area contributed by atoms with Crippen molar-refractivity contribution in [3.8, 4) is 0 Å². The highest BCUT2D eigenvalue weighted by Gasteiger charge is 2.25. The van der Waals surface area contributed by atoms with Gasteiger partial charge in [-0.25, -0.2) is 8.42 Å². The normalized spacial score (nSPS) is 16.5. The maximum atomic E-state index is 12.7. The highest BCUT2D eigenvalue weighted by atomic mass is 32.2. The van der Waals surface area contributed by atoms with E-state index in [-0.39, 0.29) is 0 Å². The molecule has 8 heteroatoms. The Balaban J connectivity index is 1.88. The second kappa shape index (κ2) is 10.5. The van der Waals surface area contributed by atoms with Gasteiger partial charge in [-0.05, 0) is 37.0 Å². The molecule has 0 unspecified atom stereocenters. The van der Waals surface area contributed by atoms with Crippen LogP contribution in [-0.4, -0.2) is 59.1 Å². The quantitative estimate of drug-likeness (QED) is 0.405. The van der Waals surface area contributed by atoms with Crippen molar-refractivity contribution in [3.63, 3.8) is 0 Å². The van der Waals surface area contributed by atoms with Gasteiger partial charge in [-0.15, -0.1) is 0 Å². The molecule has 0 aromatic heterocycles. The fourth-order valence-electron chi connectivity index (χ4n) is 2.86. The molecule has 7 nitrogen and oxygen atoms in total. The molecule has 146 valence electrons. The Labute approximate surface area is 156 Å². The second-order valence-corrected chi connectivity index (χ2v) is 8.25. The van der Waals surface area contributed by atoms with Crippen molar-refractivity contribution in [2.45, 2.75) is 37.1 Å². The number of benzene rings is 1. The van der Waals surface area contributed by atoms with E-state index >= 15 is 0 Å². The van der Waals surface area contributed by atoms with Gasteiger partial charge in [0.1, 0.15) is 0 Å². The lowest BCUT2D eigenvalue weighted by Crippen LogP contribution is -2.37. The van der Waals surface area contributed by atoms with E-state index in [1.54, 1.807) is 30.6 Å². The predicted octanol–water partition coefficient (Wildman–Crippen LogP) is 1.56. The summed E-state index contributed by atoms with van der Waals surface area (Å²) >= 11 is 0. The summed E-state index contributed by atoms with van der Waals surface area (Å²) in [6, 6.07) is 7.08. The maximum Gasteiger partial charge on any atom is 0.243 e. The van der Waals surface area contributed by atoms with E-state index in [9.17, 15) is 8.42 Å². The standard InChI is InChI=1S/C18H30N4O3S/c1-19-18(20-11-6-14-25-2)21-15-16-7-9-17(10-8-16)26(23,24)22-12-4-3-5-13-22/h7-10H,3-6,11-15H2,1-2H3,(H2,19,20,21). The summed E-state index contributed by atoms with van der Waals surface area (Å²) in [5.41, 5.74) is 1.00. The number of sulfonamides is 1. The zero-order valence-electron chi connectivity index (χ0n) is 15.7. The number of hydrogen-bond acceptors (Lipinski definition) is 4. The van der Waals surface area contributed by atoms with E-state index in [0.717, 1.165) is 37.8 Å². The summed E-state index contributed by atoms with van der Waals surface area (Å²) < 4.78 is 31.9. The van der Waals surface area contributed by atoms with Crippen LogP contribution in [0.1, 0.15) is 31.2 Å². The number of piperidine rings is 1. The van der Waals surface area contributed by atoms with Crippen molar-refractivity contribution in [2.24, 2.45) is 4.99 Å². The van der Waals surface area contributed by atoms with Crippen LogP contribution < -0.4 is 10.6 Å². The summed E-state index contributed by atoms with van der Waals surface area (Å²) in [6.07, 6.45) is 3.90. The first-order valence-corrected chi connectivity index (χ1v) is 10.5. The fourth-order valence-corrected chi connectivity index (χ4v) is 4.38. The maximum absolute atomic E-state index is 12.7. The number of methoxy groups -OCH3 is 1. The number of aliphatic imine (C=N–C) groups is 1. The van der Waals surface area contributed by atoms with Gasteiger partial charge in [0.15, 0.2) is 5.96 Å². The number of nitrogens with zero attached hydrogens (tertiary/aromatic N) is 2. The predicted molar refractivity (Wildman–Crippen MR) is 104 cm³/mol. The zero-order valence-corrected chi connectivity index (χ0v) is 16.5. The molecule has 0 amide bonds. The van der Waals surface area contributed by atoms with Gasteiger partial charge in [0.25, 0.3) is 0 Å². The van der Waals surface area contributed by atoms with Gasteiger partial charge in [-0.1, -0.05) is 18.6 Å². The van der Waals surface area contributed by atoms with Crippen LogP contribution in [0, 0.1) is 0 Å². The van der Waals surface area contributed by atoms with Crippen molar-refractivity contribution in [1.82, 2.24) is 14.9 Å². The molecule has 1 fully saturated rings. The number of hydrogen-bond donors (Lipinski definition) is 2. The third-order valence-corrected chi connectivity index (χ3v) is 6.29. The molecule has 0 saturated carbocycles. The molecule has 1 heterocycles. The van der Waals surface area contributed by atoms with Gasteiger partial charge in [0.2, 0.25) is 10.0 Å². The monoisotopic (exact) mass is 382 g/mol. The van der Waals surface area contributed by atoms with Crippen molar-refractivity contribution in [2.75, 3.05) is 40.4 Å². The van der Waals surface area contributed by atoms with Crippen LogP contribution in [0.3, 0.4) is 0 Å². The van der Waals surface area contributed by atoms with E-state index in [2.05, 4.69) is 15.6 Å². The molecule has 1 aromatic rings. The Morgan fingerprint density at radius 1 is 1.15 bits per heavy atom. The van der Waals surface area contributed by atoms with E-state index in [0.29, 0.717) is 37.1 Å². The van der Waals surface area contributed by atoms with Gasteiger partial charge in [0.05, 0.1) is 4.90 Å². The molecule has 0 atom stereocenters. The molecule has 2 N–H and O–H groups in total. The van der Waals surface area contributed by atoms with Crippen LogP contribution >= 0.6 is 0 Å². The molecular weight excluding hydrogens is 352 g/mol. The summed E-state index contributed by atoms with van der Waals surface area (Å²) in [6.45, 7) is 3.30. The average Bonchev–Trinajstić information content (AvgIpc) is 2.68. The van der Waals surface area contributed by atoms with E-state index < -0.39 is 10.0 Å². The van der Waals surface area contributed by atoms with E-state index in [1.165, 1.54) is 0 Å². The lowest BCUT2D eigenvalue weighted by molar-refractivity contribution is 0.195. The van der Waals surface area contributed by atoms with Crippen molar-refractivity contribution < 1.29 is 13.2 Å². The van der Waals surface area contributed by atoms with Crippen LogP contribution in [0.2, 0.25) is 0 Å². The first-order valence-electron chi connectivity index (χ1n) is 9.10. The Morgan fingerprint density at radius 2 is 1.85 bits per heavy atom. The van der Waals surface area contributed by atoms with Gasteiger partial charge in [-0.3, -0.25) is 4.99 Å². The molecule has 1 aliphatic rings. The van der Waals surface area contributed by atoms with Crippen LogP contribution in [0.5, 0.6) is 0 Å². The summed E-state index contributed by atoms with van der Waals surface area (Å²) in [5.74, 6) is 0.714. The topological polar surface area (TPSA) is 83.0 Å². The van der Waals surface area contributed by atoms with Crippen LogP contribution in [0.25, 0.3) is 0 Å². The molecule has 0 radical (unpaired) electrons. The van der Waals surface area contributed by atoms with E-state index in [1.807, 2.05) is 12.1 Å². The number of nitrogens with one attached hydrogen (secondary N) is 2. The Hall–Kier alpha value is -1.64. The average molecular weight is 383 g/mol. The molecule has 1 aliphatic heterocycles. The molecule has 26 heavy (non-hydrogen) atoms. The highest BCUT2D eigenvalue weighted by Crippen LogP contribution is 2.20. The third-order valence-electron chi connectivity index (χ3n) is 4.38. The lowest BCUT2D eigenvalue weighted by atomic mass is 10.2. The second-order valence-electron chi connectivity index (χ2n) is 6.31. The summed E-state index contributed by atoms with van der Waals surface area (Å²) in [5, 5.41) is 6.43. The minimum Gasteiger partial charge on any atom is -0.385 e. The minimum absolute atomic E-state index is 0.366. The fraction of sp³-hybridized carbons (Fsp3) is 0.611. The number of guanidine groups is 1. The molecule has 1 aromatic carbocycles. The Bertz CT molecular complexity index is 668. The van der Waals surface area contributed by atoms with Crippen LogP contribution in [-0.2, 0) is 21.3 Å². The third kappa shape index (κ3) is 5.96. The Kier molecular flexibility index (Phi) is 8.34. The summed E-state index contributed by atoms with van der Waals surface area (Å²) in [4.78, 5) is 4.54. The SMILES string of the molecule is CN=C(NCCCOC)NCc1ccc(S(=O)(=O)N2CCCCC2)cc1. The van der Waals surface area contributed by atoms with Crippen LogP contribution in [0.15, 0.2) is 34.2 Å². The molecule has 0 aliphatic carbocycles. The van der Waals surface area contributed by atoms with Gasteiger partial charge >= 0.3 is 0 Å². The van der Waals surface area contributed by atoms with Crippen molar-refractivity contribution in [1.29, 1.82) is 0 Å². The largest absolute Gasteiger partial charge is 0.385 e. The smallest absolute Gasteiger partial charge is 0.243 e. The molecular formula is C18H30N4O3S. The number of rotatable bonds is 8. The molecule has 0 spiro atoms. The summed E-state index contributed by atoms with van der Waals surface area (Å²) in [7, 11) is 0.0377. The molecule has 2 rings (SSSR count). The Morgan fingerprint density at radius 3 is 2.46 bits per heavy atom. The van der Waals surface area contributed by atoms with Gasteiger partial charge in [-0.2, -0.15) is 4.31 Å². The van der Waals surface area contributed by atoms with E-state index in [4.69, 9.17) is 4.74 Å². The minimum atomic E-state index is -3.37. The van der Waals surface area contributed by atoms with Crippen LogP contribution in [0.4, 0.5) is 0 Å². The number of ether oxygens (including phenoxy) is 1. The van der Waals surface area contributed by atoms with Gasteiger partial charge < -0.3 is 15.4 Å². The lowest BCUT2D eigenvalue weighted by Gasteiger charge is -2.25. The zero-order chi connectivity index (χ0) is 18.8. The first-order chi connectivity index (χ1) is 12.6.